The molecule has 2 rings (SSSR count). The van der Waals surface area contributed by atoms with Crippen molar-refractivity contribution >= 4 is 0 Å². The fourth-order valence-corrected chi connectivity index (χ4v) is 1.67. The van der Waals surface area contributed by atoms with E-state index >= 15 is 0 Å². The van der Waals surface area contributed by atoms with Gasteiger partial charge >= 0.3 is 0 Å². The molecule has 1 aliphatic rings. The maximum Gasteiger partial charge on any atom is 0.118 e. The van der Waals surface area contributed by atoms with E-state index in [2.05, 4.69) is 17.4 Å². The van der Waals surface area contributed by atoms with Crippen LogP contribution in [0.1, 0.15) is 24.4 Å². The van der Waals surface area contributed by atoms with Crippen molar-refractivity contribution < 1.29 is 4.74 Å². The minimum Gasteiger partial charge on any atom is -0.497 e. The van der Waals surface area contributed by atoms with E-state index in [9.17, 15) is 0 Å². The predicted octanol–water partition coefficient (Wildman–Crippen LogP) is 1.45. The molecule has 82 valence electrons. The Morgan fingerprint density at radius 3 is 2.53 bits per heavy atom. The second-order valence-corrected chi connectivity index (χ2v) is 4.00. The molecular formula is C12H18N2O. The van der Waals surface area contributed by atoms with Gasteiger partial charge in [0.25, 0.3) is 0 Å². The number of rotatable bonds is 5. The molecule has 0 amide bonds. The van der Waals surface area contributed by atoms with Crippen molar-refractivity contribution in [3.05, 3.63) is 29.8 Å². The first kappa shape index (κ1) is 10.5. The van der Waals surface area contributed by atoms with Gasteiger partial charge in [0, 0.05) is 18.6 Å². The van der Waals surface area contributed by atoms with Gasteiger partial charge in [0.1, 0.15) is 5.75 Å². The molecule has 1 atom stereocenters. The summed E-state index contributed by atoms with van der Waals surface area (Å²) in [6, 6.07) is 9.07. The van der Waals surface area contributed by atoms with E-state index < -0.39 is 0 Å². The van der Waals surface area contributed by atoms with Crippen LogP contribution in [-0.2, 0) is 0 Å². The Hall–Kier alpha value is -1.06. The summed E-state index contributed by atoms with van der Waals surface area (Å²) in [4.78, 5) is 0. The molecular weight excluding hydrogens is 188 g/mol. The van der Waals surface area contributed by atoms with E-state index in [1.165, 1.54) is 18.4 Å². The SMILES string of the molecule is COc1ccc(C(CN)NC2CC2)cc1. The van der Waals surface area contributed by atoms with Gasteiger partial charge in [-0.3, -0.25) is 0 Å². The van der Waals surface area contributed by atoms with Crippen LogP contribution in [0.2, 0.25) is 0 Å². The highest BCUT2D eigenvalue weighted by Crippen LogP contribution is 2.24. The van der Waals surface area contributed by atoms with Gasteiger partial charge in [-0.1, -0.05) is 12.1 Å². The zero-order chi connectivity index (χ0) is 10.7. The zero-order valence-electron chi connectivity index (χ0n) is 9.07. The second kappa shape index (κ2) is 4.64. The number of methoxy groups -OCH3 is 1. The topological polar surface area (TPSA) is 47.3 Å². The van der Waals surface area contributed by atoms with E-state index in [0.717, 1.165) is 5.75 Å². The van der Waals surface area contributed by atoms with Crippen molar-refractivity contribution in [3.63, 3.8) is 0 Å². The summed E-state index contributed by atoms with van der Waals surface area (Å²) < 4.78 is 5.12. The minimum atomic E-state index is 0.281. The molecule has 3 N–H and O–H groups in total. The largest absolute Gasteiger partial charge is 0.497 e. The summed E-state index contributed by atoms with van der Waals surface area (Å²) in [7, 11) is 1.68. The van der Waals surface area contributed by atoms with Crippen LogP contribution >= 0.6 is 0 Å². The summed E-state index contributed by atoms with van der Waals surface area (Å²) in [5.74, 6) is 0.890. The first-order valence-corrected chi connectivity index (χ1v) is 5.43. The van der Waals surface area contributed by atoms with E-state index in [1.807, 2.05) is 12.1 Å². The molecule has 1 aromatic rings. The predicted molar refractivity (Wildman–Crippen MR) is 60.9 cm³/mol. The lowest BCUT2D eigenvalue weighted by molar-refractivity contribution is 0.414. The lowest BCUT2D eigenvalue weighted by atomic mass is 10.1. The van der Waals surface area contributed by atoms with Gasteiger partial charge < -0.3 is 15.8 Å². The molecule has 0 bridgehead atoms. The summed E-state index contributed by atoms with van der Waals surface area (Å²) in [6.45, 7) is 0.642. The average Bonchev–Trinajstić information content (AvgIpc) is 3.10. The van der Waals surface area contributed by atoms with Gasteiger partial charge in [-0.2, -0.15) is 0 Å². The molecule has 1 fully saturated rings. The van der Waals surface area contributed by atoms with Gasteiger partial charge in [-0.05, 0) is 30.5 Å². The Balaban J connectivity index is 2.03. The normalized spacial score (nSPS) is 17.5. The number of ether oxygens (including phenoxy) is 1. The molecule has 15 heavy (non-hydrogen) atoms. The van der Waals surface area contributed by atoms with E-state index in [1.54, 1.807) is 7.11 Å². The smallest absolute Gasteiger partial charge is 0.118 e. The highest BCUT2D eigenvalue weighted by atomic mass is 16.5. The molecule has 1 aromatic carbocycles. The van der Waals surface area contributed by atoms with E-state index in [0.29, 0.717) is 12.6 Å². The third kappa shape index (κ3) is 2.70. The van der Waals surface area contributed by atoms with Crippen molar-refractivity contribution in [1.29, 1.82) is 0 Å². The fraction of sp³-hybridized carbons (Fsp3) is 0.500. The number of hydrogen-bond acceptors (Lipinski definition) is 3. The van der Waals surface area contributed by atoms with Crippen LogP contribution < -0.4 is 15.8 Å². The molecule has 1 unspecified atom stereocenters. The second-order valence-electron chi connectivity index (χ2n) is 4.00. The highest BCUT2D eigenvalue weighted by Gasteiger charge is 2.24. The van der Waals surface area contributed by atoms with Crippen molar-refractivity contribution in [2.24, 2.45) is 5.73 Å². The number of nitrogens with one attached hydrogen (secondary N) is 1. The van der Waals surface area contributed by atoms with Crippen LogP contribution in [0.3, 0.4) is 0 Å². The molecule has 0 aromatic heterocycles. The highest BCUT2D eigenvalue weighted by molar-refractivity contribution is 5.29. The molecule has 0 saturated heterocycles. The Labute approximate surface area is 90.6 Å². The summed E-state index contributed by atoms with van der Waals surface area (Å²) in [6.07, 6.45) is 2.57. The number of nitrogens with two attached hydrogens (primary N) is 1. The van der Waals surface area contributed by atoms with Crippen molar-refractivity contribution in [1.82, 2.24) is 5.32 Å². The molecule has 1 saturated carbocycles. The number of benzene rings is 1. The molecule has 3 nitrogen and oxygen atoms in total. The van der Waals surface area contributed by atoms with Crippen molar-refractivity contribution in [2.75, 3.05) is 13.7 Å². The van der Waals surface area contributed by atoms with Gasteiger partial charge in [0.2, 0.25) is 0 Å². The first-order chi connectivity index (χ1) is 7.33. The summed E-state index contributed by atoms with van der Waals surface area (Å²) in [5, 5.41) is 3.53. The van der Waals surface area contributed by atoms with Crippen molar-refractivity contribution in [3.8, 4) is 5.75 Å². The van der Waals surface area contributed by atoms with Gasteiger partial charge in [0.15, 0.2) is 0 Å². The van der Waals surface area contributed by atoms with Crippen molar-refractivity contribution in [2.45, 2.75) is 24.9 Å². The standard InChI is InChI=1S/C12H18N2O/c1-15-11-6-2-9(3-7-11)12(8-13)14-10-4-5-10/h2-3,6-7,10,12,14H,4-5,8,13H2,1H3. The zero-order valence-corrected chi connectivity index (χ0v) is 9.07. The van der Waals surface area contributed by atoms with E-state index in [-0.39, 0.29) is 6.04 Å². The first-order valence-electron chi connectivity index (χ1n) is 5.43. The van der Waals surface area contributed by atoms with Crippen LogP contribution in [0.25, 0.3) is 0 Å². The monoisotopic (exact) mass is 206 g/mol. The number of hydrogen-bond donors (Lipinski definition) is 2. The summed E-state index contributed by atoms with van der Waals surface area (Å²) in [5.41, 5.74) is 7.00. The van der Waals surface area contributed by atoms with Crippen LogP contribution in [0.5, 0.6) is 5.75 Å². The fourth-order valence-electron chi connectivity index (χ4n) is 1.67. The van der Waals surface area contributed by atoms with Crippen LogP contribution in [-0.4, -0.2) is 19.7 Å². The Bertz CT molecular complexity index is 306. The lowest BCUT2D eigenvalue weighted by Gasteiger charge is -2.17. The molecule has 3 heteroatoms. The quantitative estimate of drug-likeness (QED) is 0.766. The molecule has 1 aliphatic carbocycles. The van der Waals surface area contributed by atoms with Gasteiger partial charge in [-0.25, -0.2) is 0 Å². The lowest BCUT2D eigenvalue weighted by Crippen LogP contribution is -2.29. The van der Waals surface area contributed by atoms with Gasteiger partial charge in [0.05, 0.1) is 7.11 Å². The van der Waals surface area contributed by atoms with E-state index in [4.69, 9.17) is 10.5 Å². The average molecular weight is 206 g/mol. The molecule has 0 aliphatic heterocycles. The Morgan fingerprint density at radius 2 is 2.07 bits per heavy atom. The minimum absolute atomic E-state index is 0.281. The third-order valence-electron chi connectivity index (χ3n) is 2.77. The Morgan fingerprint density at radius 1 is 1.40 bits per heavy atom. The molecule has 0 spiro atoms. The maximum atomic E-state index is 5.76. The maximum absolute atomic E-state index is 5.76. The van der Waals surface area contributed by atoms with Crippen LogP contribution in [0, 0.1) is 0 Å². The molecule has 0 radical (unpaired) electrons. The van der Waals surface area contributed by atoms with Crippen LogP contribution in [0.4, 0.5) is 0 Å². The molecule has 0 heterocycles. The third-order valence-corrected chi connectivity index (χ3v) is 2.77. The Kier molecular flexibility index (Phi) is 3.23. The van der Waals surface area contributed by atoms with Gasteiger partial charge in [-0.15, -0.1) is 0 Å². The van der Waals surface area contributed by atoms with Crippen LogP contribution in [0.15, 0.2) is 24.3 Å². The summed E-state index contributed by atoms with van der Waals surface area (Å²) >= 11 is 0.